The van der Waals surface area contributed by atoms with Crippen molar-refractivity contribution in [3.05, 3.63) is 52.4 Å². The highest BCUT2D eigenvalue weighted by Gasteiger charge is 2.25. The van der Waals surface area contributed by atoms with Crippen LogP contribution in [0.25, 0.3) is 0 Å². The van der Waals surface area contributed by atoms with Crippen LogP contribution >= 0.6 is 11.6 Å². The molecule has 25 heavy (non-hydrogen) atoms. The average molecular weight is 366 g/mol. The van der Waals surface area contributed by atoms with Gasteiger partial charge in [-0.1, -0.05) is 23.7 Å². The number of amides is 2. The Morgan fingerprint density at radius 2 is 2.24 bits per heavy atom. The molecule has 8 heteroatoms. The Balaban J connectivity index is 1.72. The number of nitrogens with zero attached hydrogens (tertiary/aromatic N) is 1. The number of hydrogen-bond donors (Lipinski definition) is 3. The van der Waals surface area contributed by atoms with Crippen LogP contribution in [-0.4, -0.2) is 22.7 Å². The Morgan fingerprint density at radius 3 is 3.00 bits per heavy atom. The molecule has 0 fully saturated rings. The van der Waals surface area contributed by atoms with E-state index in [0.29, 0.717) is 23.8 Å². The number of ether oxygens (including phenoxy) is 1. The Hall–Kier alpha value is -2.38. The number of aliphatic hydroxyl groups is 1. The van der Waals surface area contributed by atoms with Crippen LogP contribution in [0.1, 0.15) is 36.7 Å². The lowest BCUT2D eigenvalue weighted by Gasteiger charge is -2.27. The summed E-state index contributed by atoms with van der Waals surface area (Å²) in [4.78, 5) is 16.2. The number of fused-ring (bicyclic) bond motifs is 1. The fourth-order valence-electron chi connectivity index (χ4n) is 2.67. The minimum Gasteiger partial charge on any atom is -0.492 e. The highest BCUT2D eigenvalue weighted by atomic mass is 35.5. The van der Waals surface area contributed by atoms with Crippen molar-refractivity contribution >= 4 is 23.4 Å². The molecule has 0 saturated carbocycles. The maximum atomic E-state index is 13.6. The van der Waals surface area contributed by atoms with E-state index >= 15 is 0 Å². The Kier molecular flexibility index (Phi) is 5.06. The van der Waals surface area contributed by atoms with Crippen molar-refractivity contribution < 1.29 is 19.0 Å². The molecular weight excluding hydrogens is 349 g/mol. The van der Waals surface area contributed by atoms with Crippen molar-refractivity contribution in [3.8, 4) is 5.75 Å². The van der Waals surface area contributed by atoms with Crippen LogP contribution in [-0.2, 0) is 0 Å². The third kappa shape index (κ3) is 3.83. The fourth-order valence-corrected chi connectivity index (χ4v) is 2.90. The molecule has 0 saturated heterocycles. The van der Waals surface area contributed by atoms with E-state index in [1.165, 1.54) is 13.0 Å². The van der Waals surface area contributed by atoms with E-state index in [2.05, 4.69) is 15.6 Å². The smallest absolute Gasteiger partial charge is 0.320 e. The first-order valence-electron chi connectivity index (χ1n) is 7.79. The summed E-state index contributed by atoms with van der Waals surface area (Å²) in [6.45, 7) is 1.83. The summed E-state index contributed by atoms with van der Waals surface area (Å²) in [6, 6.07) is 7.08. The SMILES string of the molecule is CC(O)c1nc(NC(=O)N[C@H]2CCOc3c(Cl)cccc32)ccc1F. The Bertz CT molecular complexity index is 801. The largest absolute Gasteiger partial charge is 0.492 e. The molecule has 2 atom stereocenters. The monoisotopic (exact) mass is 365 g/mol. The topological polar surface area (TPSA) is 83.5 Å². The van der Waals surface area contributed by atoms with E-state index in [1.807, 2.05) is 6.07 Å². The van der Waals surface area contributed by atoms with E-state index in [9.17, 15) is 14.3 Å². The quantitative estimate of drug-likeness (QED) is 0.776. The normalized spacial score (nSPS) is 17.2. The average Bonchev–Trinajstić information content (AvgIpc) is 2.57. The van der Waals surface area contributed by atoms with Crippen molar-refractivity contribution in [2.24, 2.45) is 0 Å². The van der Waals surface area contributed by atoms with Gasteiger partial charge in [-0.15, -0.1) is 0 Å². The number of halogens is 2. The summed E-state index contributed by atoms with van der Waals surface area (Å²) in [7, 11) is 0. The van der Waals surface area contributed by atoms with Gasteiger partial charge in [-0.3, -0.25) is 5.32 Å². The second-order valence-corrected chi connectivity index (χ2v) is 6.09. The fraction of sp³-hybridized carbons (Fsp3) is 0.294. The first-order valence-corrected chi connectivity index (χ1v) is 8.16. The van der Waals surface area contributed by atoms with Crippen molar-refractivity contribution in [2.75, 3.05) is 11.9 Å². The summed E-state index contributed by atoms with van der Waals surface area (Å²) in [5, 5.41) is 15.4. The third-order valence-electron chi connectivity index (χ3n) is 3.84. The van der Waals surface area contributed by atoms with Gasteiger partial charge in [0, 0.05) is 12.0 Å². The highest BCUT2D eigenvalue weighted by Crippen LogP contribution is 2.37. The molecule has 2 heterocycles. The molecule has 1 aromatic heterocycles. The van der Waals surface area contributed by atoms with Crippen LogP contribution in [0.4, 0.5) is 15.0 Å². The summed E-state index contributed by atoms with van der Waals surface area (Å²) in [5.41, 5.74) is 0.673. The summed E-state index contributed by atoms with van der Waals surface area (Å²) in [5.74, 6) is 0.0825. The van der Waals surface area contributed by atoms with Gasteiger partial charge in [0.1, 0.15) is 23.1 Å². The number of aromatic nitrogens is 1. The van der Waals surface area contributed by atoms with Crippen molar-refractivity contribution in [1.29, 1.82) is 0 Å². The number of hydrogen-bond acceptors (Lipinski definition) is 4. The molecule has 0 radical (unpaired) electrons. The lowest BCUT2D eigenvalue weighted by molar-refractivity contribution is 0.189. The molecule has 1 unspecified atom stereocenters. The number of rotatable bonds is 3. The van der Waals surface area contributed by atoms with E-state index in [1.54, 1.807) is 12.1 Å². The number of para-hydroxylation sites is 1. The summed E-state index contributed by atoms with van der Waals surface area (Å²) < 4.78 is 19.1. The maximum Gasteiger partial charge on any atom is 0.320 e. The number of pyridine rings is 1. The van der Waals surface area contributed by atoms with Gasteiger partial charge in [0.05, 0.1) is 23.8 Å². The second kappa shape index (κ2) is 7.25. The minimum atomic E-state index is -1.07. The van der Waals surface area contributed by atoms with Crippen LogP contribution < -0.4 is 15.4 Å². The molecule has 0 bridgehead atoms. The molecule has 6 nitrogen and oxygen atoms in total. The molecular formula is C17H17ClFN3O3. The standard InChI is InChI=1S/C17H17ClFN3O3/c1-9(23)15-12(19)5-6-14(21-15)22-17(24)20-13-7-8-25-16-10(13)3-2-4-11(16)18/h2-6,9,13,23H,7-8H2,1H3,(H2,20,21,22,24)/t9?,13-/m0/s1. The van der Waals surface area contributed by atoms with Crippen LogP contribution in [0.2, 0.25) is 5.02 Å². The molecule has 2 amide bonds. The molecule has 3 rings (SSSR count). The van der Waals surface area contributed by atoms with Gasteiger partial charge < -0.3 is 15.2 Å². The number of nitrogens with one attached hydrogen (secondary N) is 2. The third-order valence-corrected chi connectivity index (χ3v) is 4.14. The molecule has 132 valence electrons. The van der Waals surface area contributed by atoms with Gasteiger partial charge in [-0.05, 0) is 25.1 Å². The second-order valence-electron chi connectivity index (χ2n) is 5.69. The Labute approximate surface area is 149 Å². The first kappa shape index (κ1) is 17.4. The van der Waals surface area contributed by atoms with E-state index in [4.69, 9.17) is 16.3 Å². The summed E-state index contributed by atoms with van der Waals surface area (Å²) in [6.07, 6.45) is -0.481. The van der Waals surface area contributed by atoms with Gasteiger partial charge in [0.15, 0.2) is 0 Å². The lowest BCUT2D eigenvalue weighted by atomic mass is 10.0. The number of benzene rings is 1. The van der Waals surface area contributed by atoms with E-state index < -0.39 is 18.0 Å². The number of urea groups is 1. The zero-order chi connectivity index (χ0) is 18.0. The van der Waals surface area contributed by atoms with Gasteiger partial charge in [-0.25, -0.2) is 14.2 Å². The number of carbonyl (C=O) groups is 1. The summed E-state index contributed by atoms with van der Waals surface area (Å²) >= 11 is 6.11. The number of anilines is 1. The highest BCUT2D eigenvalue weighted by molar-refractivity contribution is 6.32. The molecule has 1 aromatic carbocycles. The number of carbonyl (C=O) groups excluding carboxylic acids is 1. The van der Waals surface area contributed by atoms with Crippen LogP contribution in [0.15, 0.2) is 30.3 Å². The predicted octanol–water partition coefficient (Wildman–Crippen LogP) is 3.57. The van der Waals surface area contributed by atoms with Crippen LogP contribution in [0, 0.1) is 5.82 Å². The zero-order valence-electron chi connectivity index (χ0n) is 13.4. The molecule has 1 aliphatic heterocycles. The van der Waals surface area contributed by atoms with Gasteiger partial charge >= 0.3 is 6.03 Å². The minimum absolute atomic E-state index is 0.124. The van der Waals surface area contributed by atoms with Gasteiger partial charge in [0.2, 0.25) is 0 Å². The van der Waals surface area contributed by atoms with E-state index in [0.717, 1.165) is 11.6 Å². The first-order chi connectivity index (χ1) is 12.0. The molecule has 0 spiro atoms. The molecule has 3 N–H and O–H groups in total. The van der Waals surface area contributed by atoms with Crippen molar-refractivity contribution in [2.45, 2.75) is 25.5 Å². The van der Waals surface area contributed by atoms with Gasteiger partial charge in [0.25, 0.3) is 0 Å². The van der Waals surface area contributed by atoms with Crippen molar-refractivity contribution in [1.82, 2.24) is 10.3 Å². The van der Waals surface area contributed by atoms with E-state index in [-0.39, 0.29) is 17.6 Å². The maximum absolute atomic E-state index is 13.6. The van der Waals surface area contributed by atoms with Gasteiger partial charge in [-0.2, -0.15) is 0 Å². The Morgan fingerprint density at radius 1 is 1.44 bits per heavy atom. The van der Waals surface area contributed by atoms with Crippen LogP contribution in [0.3, 0.4) is 0 Å². The predicted molar refractivity (Wildman–Crippen MR) is 91.3 cm³/mol. The lowest BCUT2D eigenvalue weighted by Crippen LogP contribution is -2.35. The zero-order valence-corrected chi connectivity index (χ0v) is 14.2. The molecule has 1 aliphatic rings. The van der Waals surface area contributed by atoms with Crippen molar-refractivity contribution in [3.63, 3.8) is 0 Å². The molecule has 2 aromatic rings. The number of aliphatic hydroxyl groups excluding tert-OH is 1. The molecule has 0 aliphatic carbocycles. The van der Waals surface area contributed by atoms with Crippen LogP contribution in [0.5, 0.6) is 5.75 Å².